The van der Waals surface area contributed by atoms with Crippen molar-refractivity contribution < 1.29 is 0 Å². The summed E-state index contributed by atoms with van der Waals surface area (Å²) in [5.41, 5.74) is 2.38. The third kappa shape index (κ3) is 3.05. The van der Waals surface area contributed by atoms with Gasteiger partial charge >= 0.3 is 0 Å². The summed E-state index contributed by atoms with van der Waals surface area (Å²) in [5, 5.41) is 7.70. The SMILES string of the molecule is CC[C@@H]1c2ccsc2CCN1Cn1nc(-c2ccccc2Cl)n(C)c1=S. The number of aromatic nitrogens is 3. The van der Waals surface area contributed by atoms with Crippen LogP contribution >= 0.6 is 35.2 Å². The predicted molar refractivity (Wildman–Crippen MR) is 110 cm³/mol. The van der Waals surface area contributed by atoms with Crippen LogP contribution in [0.5, 0.6) is 0 Å². The van der Waals surface area contributed by atoms with E-state index in [1.165, 1.54) is 10.4 Å². The van der Waals surface area contributed by atoms with Crippen LogP contribution in [-0.2, 0) is 20.1 Å². The van der Waals surface area contributed by atoms with E-state index in [0.29, 0.717) is 22.5 Å². The van der Waals surface area contributed by atoms with Gasteiger partial charge in [-0.2, -0.15) is 5.10 Å². The number of benzene rings is 1. The van der Waals surface area contributed by atoms with Gasteiger partial charge in [-0.1, -0.05) is 30.7 Å². The number of thiophene rings is 1. The van der Waals surface area contributed by atoms with Crippen molar-refractivity contribution in [2.45, 2.75) is 32.5 Å². The zero-order valence-electron chi connectivity index (χ0n) is 14.9. The third-order valence-electron chi connectivity index (χ3n) is 5.06. The molecule has 0 fully saturated rings. The Labute approximate surface area is 167 Å². The minimum atomic E-state index is 0.428. The van der Waals surface area contributed by atoms with Gasteiger partial charge in [0, 0.05) is 30.1 Å². The second kappa shape index (κ2) is 7.27. The Morgan fingerprint density at radius 1 is 1.31 bits per heavy atom. The maximum Gasteiger partial charge on any atom is 0.199 e. The van der Waals surface area contributed by atoms with Gasteiger partial charge in [0.15, 0.2) is 10.6 Å². The molecule has 2 aromatic heterocycles. The van der Waals surface area contributed by atoms with Crippen LogP contribution in [0.3, 0.4) is 0 Å². The van der Waals surface area contributed by atoms with E-state index in [1.807, 2.05) is 51.9 Å². The van der Waals surface area contributed by atoms with Crippen LogP contribution in [0.4, 0.5) is 0 Å². The molecule has 136 valence electrons. The zero-order valence-corrected chi connectivity index (χ0v) is 17.2. The first-order chi connectivity index (χ1) is 12.6. The summed E-state index contributed by atoms with van der Waals surface area (Å²) < 4.78 is 4.58. The summed E-state index contributed by atoms with van der Waals surface area (Å²) in [5.74, 6) is 0.807. The van der Waals surface area contributed by atoms with Crippen LogP contribution in [0.2, 0.25) is 5.02 Å². The van der Waals surface area contributed by atoms with Crippen LogP contribution in [0.15, 0.2) is 35.7 Å². The van der Waals surface area contributed by atoms with Gasteiger partial charge in [0.2, 0.25) is 0 Å². The van der Waals surface area contributed by atoms with Gasteiger partial charge in [-0.15, -0.1) is 11.3 Å². The summed E-state index contributed by atoms with van der Waals surface area (Å²) in [6, 6.07) is 10.5. The summed E-state index contributed by atoms with van der Waals surface area (Å²) in [7, 11) is 1.95. The van der Waals surface area contributed by atoms with E-state index >= 15 is 0 Å². The lowest BCUT2D eigenvalue weighted by Gasteiger charge is -2.35. The fourth-order valence-electron chi connectivity index (χ4n) is 3.72. The quantitative estimate of drug-likeness (QED) is 0.552. The number of nitrogens with zero attached hydrogens (tertiary/aromatic N) is 4. The molecule has 0 saturated carbocycles. The molecule has 0 radical (unpaired) electrons. The molecule has 7 heteroatoms. The molecule has 0 saturated heterocycles. The first-order valence-electron chi connectivity index (χ1n) is 8.79. The number of hydrogen-bond donors (Lipinski definition) is 0. The highest BCUT2D eigenvalue weighted by Gasteiger charge is 2.27. The van der Waals surface area contributed by atoms with E-state index < -0.39 is 0 Å². The Bertz CT molecular complexity index is 988. The van der Waals surface area contributed by atoms with Crippen molar-refractivity contribution in [1.29, 1.82) is 0 Å². The first kappa shape index (κ1) is 17.9. The Morgan fingerprint density at radius 3 is 2.88 bits per heavy atom. The molecule has 0 spiro atoms. The number of halogens is 1. The van der Waals surface area contributed by atoms with E-state index in [9.17, 15) is 0 Å². The smallest absolute Gasteiger partial charge is 0.199 e. The second-order valence-electron chi connectivity index (χ2n) is 6.57. The van der Waals surface area contributed by atoms with Crippen LogP contribution in [0.25, 0.3) is 11.4 Å². The molecule has 3 heterocycles. The molecule has 0 aliphatic carbocycles. The van der Waals surface area contributed by atoms with E-state index in [0.717, 1.165) is 30.8 Å². The van der Waals surface area contributed by atoms with Gasteiger partial charge < -0.3 is 4.57 Å². The van der Waals surface area contributed by atoms with Gasteiger partial charge in [-0.25, -0.2) is 4.68 Å². The Balaban J connectivity index is 1.67. The highest BCUT2D eigenvalue weighted by Crippen LogP contribution is 2.35. The number of rotatable bonds is 4. The van der Waals surface area contributed by atoms with Crippen molar-refractivity contribution in [1.82, 2.24) is 19.2 Å². The normalized spacial score (nSPS) is 17.4. The zero-order chi connectivity index (χ0) is 18.3. The molecular formula is C19H21ClN4S2. The molecule has 1 aliphatic rings. The van der Waals surface area contributed by atoms with Crippen molar-refractivity contribution in [2.24, 2.45) is 7.05 Å². The molecular weight excluding hydrogens is 384 g/mol. The van der Waals surface area contributed by atoms with E-state index in [1.54, 1.807) is 0 Å². The molecule has 0 unspecified atom stereocenters. The van der Waals surface area contributed by atoms with Crippen LogP contribution in [-0.4, -0.2) is 25.8 Å². The van der Waals surface area contributed by atoms with Crippen LogP contribution in [0.1, 0.15) is 29.8 Å². The summed E-state index contributed by atoms with van der Waals surface area (Å²) in [6.07, 6.45) is 2.18. The van der Waals surface area contributed by atoms with E-state index in [-0.39, 0.29) is 0 Å². The maximum atomic E-state index is 6.37. The fourth-order valence-corrected chi connectivity index (χ4v) is 5.06. The standard InChI is InChI=1S/C19H21ClN4S2/c1-3-16-14-9-11-26-17(14)8-10-23(16)12-24-19(25)22(2)18(21-24)13-6-4-5-7-15(13)20/h4-7,9,11,16H,3,8,10,12H2,1-2H3/t16-/m1/s1. The first-order valence-corrected chi connectivity index (χ1v) is 10.5. The second-order valence-corrected chi connectivity index (χ2v) is 8.34. The average Bonchev–Trinajstić information content (AvgIpc) is 3.22. The monoisotopic (exact) mass is 404 g/mol. The van der Waals surface area contributed by atoms with Gasteiger partial charge in [0.05, 0.1) is 11.7 Å². The molecule has 26 heavy (non-hydrogen) atoms. The molecule has 1 aromatic carbocycles. The van der Waals surface area contributed by atoms with Crippen molar-refractivity contribution in [3.63, 3.8) is 0 Å². The molecule has 0 amide bonds. The summed E-state index contributed by atoms with van der Waals surface area (Å²) >= 11 is 13.9. The van der Waals surface area contributed by atoms with Gasteiger partial charge in [-0.3, -0.25) is 4.90 Å². The topological polar surface area (TPSA) is 26.0 Å². The fraction of sp³-hybridized carbons (Fsp3) is 0.368. The molecule has 0 N–H and O–H groups in total. The lowest BCUT2D eigenvalue weighted by Crippen LogP contribution is -2.36. The van der Waals surface area contributed by atoms with Gasteiger partial charge in [-0.05, 0) is 54.2 Å². The van der Waals surface area contributed by atoms with Crippen molar-refractivity contribution in [3.05, 3.63) is 55.9 Å². The minimum Gasteiger partial charge on any atom is -0.303 e. The molecule has 3 aromatic rings. The van der Waals surface area contributed by atoms with Gasteiger partial charge in [0.25, 0.3) is 0 Å². The van der Waals surface area contributed by atoms with Crippen molar-refractivity contribution in [3.8, 4) is 11.4 Å². The van der Waals surface area contributed by atoms with E-state index in [2.05, 4.69) is 23.3 Å². The van der Waals surface area contributed by atoms with Crippen molar-refractivity contribution in [2.75, 3.05) is 6.54 Å². The lowest BCUT2D eigenvalue weighted by atomic mass is 9.98. The molecule has 1 aliphatic heterocycles. The van der Waals surface area contributed by atoms with Gasteiger partial charge in [0.1, 0.15) is 0 Å². The Morgan fingerprint density at radius 2 is 2.12 bits per heavy atom. The third-order valence-corrected chi connectivity index (χ3v) is 6.87. The molecule has 0 bridgehead atoms. The number of hydrogen-bond acceptors (Lipinski definition) is 4. The Hall–Kier alpha value is -1.47. The molecule has 4 nitrogen and oxygen atoms in total. The Kier molecular flexibility index (Phi) is 5.01. The molecule has 1 atom stereocenters. The summed E-state index contributed by atoms with van der Waals surface area (Å²) in [4.78, 5) is 4.00. The lowest BCUT2D eigenvalue weighted by molar-refractivity contribution is 0.129. The maximum absolute atomic E-state index is 6.37. The van der Waals surface area contributed by atoms with Crippen LogP contribution < -0.4 is 0 Å². The average molecular weight is 405 g/mol. The molecule has 4 rings (SSSR count). The highest BCUT2D eigenvalue weighted by molar-refractivity contribution is 7.71. The minimum absolute atomic E-state index is 0.428. The van der Waals surface area contributed by atoms with E-state index in [4.69, 9.17) is 28.9 Å². The number of fused-ring (bicyclic) bond motifs is 1. The largest absolute Gasteiger partial charge is 0.303 e. The highest BCUT2D eigenvalue weighted by atomic mass is 35.5. The van der Waals surface area contributed by atoms with Crippen molar-refractivity contribution >= 4 is 35.2 Å². The predicted octanol–water partition coefficient (Wildman–Crippen LogP) is 5.30. The summed E-state index contributed by atoms with van der Waals surface area (Å²) in [6.45, 7) is 3.98. The van der Waals surface area contributed by atoms with Crippen LogP contribution in [0, 0.1) is 4.77 Å².